The first-order valence-electron chi connectivity index (χ1n) is 9.75. The van der Waals surface area contributed by atoms with Gasteiger partial charge in [0.2, 0.25) is 5.91 Å². The SMILES string of the molecule is Cc1cc(C)cc(-n2ncc3c(=O)n(CC(=O)N4CCCCC4C)cnc32)c1. The summed E-state index contributed by atoms with van der Waals surface area (Å²) >= 11 is 0. The number of hydrogen-bond donors (Lipinski definition) is 0. The minimum Gasteiger partial charge on any atom is -0.338 e. The molecular formula is C21H25N5O2. The molecule has 28 heavy (non-hydrogen) atoms. The van der Waals surface area contributed by atoms with Crippen molar-refractivity contribution in [3.8, 4) is 5.69 Å². The first kappa shape index (κ1) is 18.4. The predicted molar refractivity (Wildman–Crippen MR) is 108 cm³/mol. The van der Waals surface area contributed by atoms with Crippen LogP contribution in [0, 0.1) is 13.8 Å². The minimum absolute atomic E-state index is 0.0147. The summed E-state index contributed by atoms with van der Waals surface area (Å²) < 4.78 is 3.06. The molecule has 3 heterocycles. The molecule has 1 fully saturated rings. The topological polar surface area (TPSA) is 73.0 Å². The van der Waals surface area contributed by atoms with Crippen LogP contribution in [0.25, 0.3) is 16.7 Å². The molecule has 0 aliphatic carbocycles. The quantitative estimate of drug-likeness (QED) is 0.701. The largest absolute Gasteiger partial charge is 0.338 e. The first-order chi connectivity index (χ1) is 13.4. The third-order valence-corrected chi connectivity index (χ3v) is 5.43. The number of likely N-dealkylation sites (tertiary alicyclic amines) is 1. The summed E-state index contributed by atoms with van der Waals surface area (Å²) in [6.45, 7) is 6.89. The Bertz CT molecular complexity index is 1080. The highest BCUT2D eigenvalue weighted by atomic mass is 16.2. The number of benzene rings is 1. The number of amides is 1. The van der Waals surface area contributed by atoms with E-state index in [2.05, 4.69) is 23.1 Å². The zero-order valence-corrected chi connectivity index (χ0v) is 16.6. The van der Waals surface area contributed by atoms with Crippen LogP contribution in [-0.2, 0) is 11.3 Å². The van der Waals surface area contributed by atoms with Crippen molar-refractivity contribution < 1.29 is 4.79 Å². The fourth-order valence-electron chi connectivity index (χ4n) is 4.03. The Hall–Kier alpha value is -2.96. The third-order valence-electron chi connectivity index (χ3n) is 5.43. The van der Waals surface area contributed by atoms with Crippen molar-refractivity contribution in [2.24, 2.45) is 0 Å². The van der Waals surface area contributed by atoms with Crippen LogP contribution in [0.1, 0.15) is 37.3 Å². The zero-order chi connectivity index (χ0) is 19.8. The molecule has 4 rings (SSSR count). The zero-order valence-electron chi connectivity index (χ0n) is 16.6. The summed E-state index contributed by atoms with van der Waals surface area (Å²) in [5.41, 5.74) is 3.38. The summed E-state index contributed by atoms with van der Waals surface area (Å²) in [6, 6.07) is 6.32. The van der Waals surface area contributed by atoms with Crippen molar-refractivity contribution in [2.45, 2.75) is 52.6 Å². The van der Waals surface area contributed by atoms with Crippen molar-refractivity contribution in [2.75, 3.05) is 6.54 Å². The standard InChI is InChI=1S/C21H25N5O2/c1-14-8-15(2)10-17(9-14)26-20-18(11-23-26)21(28)24(13-22-20)12-19(27)25-7-5-4-6-16(25)3/h8-11,13,16H,4-7,12H2,1-3H3. The van der Waals surface area contributed by atoms with Crippen LogP contribution in [0.2, 0.25) is 0 Å². The lowest BCUT2D eigenvalue weighted by atomic mass is 10.0. The molecule has 7 heteroatoms. The average molecular weight is 379 g/mol. The van der Waals surface area contributed by atoms with E-state index in [-0.39, 0.29) is 24.1 Å². The number of carbonyl (C=O) groups excluding carboxylic acids is 1. The number of carbonyl (C=O) groups is 1. The number of aromatic nitrogens is 4. The Kier molecular flexibility index (Phi) is 4.75. The van der Waals surface area contributed by atoms with Crippen LogP contribution in [0.15, 0.2) is 35.5 Å². The fourth-order valence-corrected chi connectivity index (χ4v) is 4.03. The molecule has 146 valence electrons. The molecule has 1 unspecified atom stereocenters. The van der Waals surface area contributed by atoms with E-state index in [1.165, 1.54) is 17.1 Å². The van der Waals surface area contributed by atoms with E-state index >= 15 is 0 Å². The highest BCUT2D eigenvalue weighted by molar-refractivity contribution is 5.78. The van der Waals surface area contributed by atoms with Gasteiger partial charge < -0.3 is 4.90 Å². The number of aryl methyl sites for hydroxylation is 2. The smallest absolute Gasteiger partial charge is 0.264 e. The van der Waals surface area contributed by atoms with E-state index in [1.54, 1.807) is 4.68 Å². The summed E-state index contributed by atoms with van der Waals surface area (Å²) in [5, 5.41) is 4.79. The molecule has 7 nitrogen and oxygen atoms in total. The number of nitrogens with zero attached hydrogens (tertiary/aromatic N) is 5. The minimum atomic E-state index is -0.237. The van der Waals surface area contributed by atoms with Crippen LogP contribution in [0.3, 0.4) is 0 Å². The van der Waals surface area contributed by atoms with Gasteiger partial charge in [0, 0.05) is 12.6 Å². The maximum atomic E-state index is 12.9. The second kappa shape index (κ2) is 7.22. The van der Waals surface area contributed by atoms with Crippen molar-refractivity contribution in [1.82, 2.24) is 24.2 Å². The van der Waals surface area contributed by atoms with Crippen molar-refractivity contribution in [3.05, 3.63) is 52.2 Å². The van der Waals surface area contributed by atoms with Gasteiger partial charge >= 0.3 is 0 Å². The Morgan fingerprint density at radius 1 is 1.18 bits per heavy atom. The Labute approximate surface area is 163 Å². The van der Waals surface area contributed by atoms with Crippen LogP contribution >= 0.6 is 0 Å². The molecule has 0 radical (unpaired) electrons. The van der Waals surface area contributed by atoms with Gasteiger partial charge in [0.05, 0.1) is 11.9 Å². The lowest BCUT2D eigenvalue weighted by molar-refractivity contribution is -0.135. The molecule has 0 saturated carbocycles. The van der Waals surface area contributed by atoms with E-state index < -0.39 is 0 Å². The number of hydrogen-bond acceptors (Lipinski definition) is 4. The molecule has 1 atom stereocenters. The molecule has 0 bridgehead atoms. The van der Waals surface area contributed by atoms with Crippen LogP contribution < -0.4 is 5.56 Å². The van der Waals surface area contributed by atoms with Gasteiger partial charge in [-0.2, -0.15) is 5.10 Å². The van der Waals surface area contributed by atoms with Gasteiger partial charge in [-0.1, -0.05) is 6.07 Å². The van der Waals surface area contributed by atoms with Gasteiger partial charge in [0.25, 0.3) is 5.56 Å². The highest BCUT2D eigenvalue weighted by Gasteiger charge is 2.24. The molecular weight excluding hydrogens is 354 g/mol. The summed E-state index contributed by atoms with van der Waals surface area (Å²) in [6.07, 6.45) is 6.17. The molecule has 0 N–H and O–H groups in total. The van der Waals surface area contributed by atoms with E-state index in [4.69, 9.17) is 0 Å². The highest BCUT2D eigenvalue weighted by Crippen LogP contribution is 2.18. The van der Waals surface area contributed by atoms with Crippen molar-refractivity contribution in [1.29, 1.82) is 0 Å². The van der Waals surface area contributed by atoms with Crippen LogP contribution in [-0.4, -0.2) is 42.7 Å². The number of rotatable bonds is 3. The lowest BCUT2D eigenvalue weighted by Crippen LogP contribution is -2.44. The second-order valence-corrected chi connectivity index (χ2v) is 7.75. The normalized spacial score (nSPS) is 17.2. The average Bonchev–Trinajstić information content (AvgIpc) is 3.08. The van der Waals surface area contributed by atoms with Gasteiger partial charge in [0.1, 0.15) is 18.3 Å². The van der Waals surface area contributed by atoms with E-state index in [1.807, 2.05) is 30.9 Å². The Morgan fingerprint density at radius 2 is 1.93 bits per heavy atom. The van der Waals surface area contributed by atoms with Crippen LogP contribution in [0.4, 0.5) is 0 Å². The van der Waals surface area contributed by atoms with E-state index in [0.29, 0.717) is 11.0 Å². The Balaban J connectivity index is 1.67. The molecule has 1 aromatic carbocycles. The van der Waals surface area contributed by atoms with Crippen molar-refractivity contribution in [3.63, 3.8) is 0 Å². The van der Waals surface area contributed by atoms with Gasteiger partial charge in [-0.25, -0.2) is 9.67 Å². The monoisotopic (exact) mass is 379 g/mol. The second-order valence-electron chi connectivity index (χ2n) is 7.75. The third kappa shape index (κ3) is 3.32. The molecule has 1 aliphatic heterocycles. The summed E-state index contributed by atoms with van der Waals surface area (Å²) in [4.78, 5) is 31.9. The molecule has 0 spiro atoms. The van der Waals surface area contributed by atoms with Crippen LogP contribution in [0.5, 0.6) is 0 Å². The molecule has 1 saturated heterocycles. The van der Waals surface area contributed by atoms with E-state index in [9.17, 15) is 9.59 Å². The first-order valence-corrected chi connectivity index (χ1v) is 9.75. The van der Waals surface area contributed by atoms with Gasteiger partial charge in [-0.15, -0.1) is 0 Å². The predicted octanol–water partition coefficient (Wildman–Crippen LogP) is 2.60. The van der Waals surface area contributed by atoms with Gasteiger partial charge in [-0.3, -0.25) is 14.2 Å². The molecule has 1 aliphatic rings. The Morgan fingerprint density at radius 3 is 2.64 bits per heavy atom. The number of piperidine rings is 1. The van der Waals surface area contributed by atoms with Gasteiger partial charge in [0.15, 0.2) is 5.65 Å². The molecule has 3 aromatic rings. The lowest BCUT2D eigenvalue weighted by Gasteiger charge is -2.33. The summed E-state index contributed by atoms with van der Waals surface area (Å²) in [5.74, 6) is -0.0304. The maximum Gasteiger partial charge on any atom is 0.264 e. The van der Waals surface area contributed by atoms with Crippen molar-refractivity contribution >= 4 is 16.9 Å². The molecule has 1 amide bonds. The summed E-state index contributed by atoms with van der Waals surface area (Å²) in [7, 11) is 0. The molecule has 2 aromatic heterocycles. The van der Waals surface area contributed by atoms with Gasteiger partial charge in [-0.05, 0) is 63.3 Å². The fraction of sp³-hybridized carbons (Fsp3) is 0.429. The van der Waals surface area contributed by atoms with E-state index in [0.717, 1.165) is 42.6 Å². The number of fused-ring (bicyclic) bond motifs is 1. The maximum absolute atomic E-state index is 12.9.